The molecule has 6 nitrogen and oxygen atoms in total. The fourth-order valence-electron chi connectivity index (χ4n) is 3.33. The maximum atomic E-state index is 12.4. The number of aryl methyl sites for hydroxylation is 1. The van der Waals surface area contributed by atoms with Gasteiger partial charge in [0.25, 0.3) is 5.91 Å². The molecule has 140 valence electrons. The van der Waals surface area contributed by atoms with Gasteiger partial charge in [-0.25, -0.2) is 4.98 Å². The number of hydrogen-bond acceptors (Lipinski definition) is 5. The number of hydrogen-bond donors (Lipinski definition) is 1. The number of carbonyl (C=O) groups excluding carboxylic acids is 1. The standard InChI is InChI=1S/C19H25ClN4O2/c1-12(2)10-16(25)18(26)24-8-6-23(7-9-24)17-14-5-4-13(3)11-15(14)21-19(20)22-17/h4-5,11-12,16,25H,6-10H2,1-3H3/t16-/m1/s1. The van der Waals surface area contributed by atoms with E-state index in [0.717, 1.165) is 22.3 Å². The summed E-state index contributed by atoms with van der Waals surface area (Å²) in [7, 11) is 0. The van der Waals surface area contributed by atoms with Crippen molar-refractivity contribution in [3.63, 3.8) is 0 Å². The van der Waals surface area contributed by atoms with Crippen molar-refractivity contribution in [1.82, 2.24) is 14.9 Å². The molecule has 2 aromatic rings. The van der Waals surface area contributed by atoms with Gasteiger partial charge in [0.15, 0.2) is 0 Å². The van der Waals surface area contributed by atoms with Gasteiger partial charge in [0, 0.05) is 31.6 Å². The molecule has 3 rings (SSSR count). The lowest BCUT2D eigenvalue weighted by atomic mass is 10.0. The first kappa shape index (κ1) is 18.9. The molecular weight excluding hydrogens is 352 g/mol. The first-order chi connectivity index (χ1) is 12.3. The third kappa shape index (κ3) is 4.07. The fraction of sp³-hybridized carbons (Fsp3) is 0.526. The van der Waals surface area contributed by atoms with E-state index >= 15 is 0 Å². The lowest BCUT2D eigenvalue weighted by Crippen LogP contribution is -2.52. The average Bonchev–Trinajstić information content (AvgIpc) is 2.59. The van der Waals surface area contributed by atoms with Gasteiger partial charge in [-0.15, -0.1) is 0 Å². The molecule has 1 N–H and O–H groups in total. The van der Waals surface area contributed by atoms with E-state index in [4.69, 9.17) is 11.6 Å². The van der Waals surface area contributed by atoms with Crippen molar-refractivity contribution in [2.24, 2.45) is 5.92 Å². The minimum Gasteiger partial charge on any atom is -0.383 e. The highest BCUT2D eigenvalue weighted by molar-refractivity contribution is 6.28. The Kier molecular flexibility index (Phi) is 5.63. The highest BCUT2D eigenvalue weighted by Gasteiger charge is 2.27. The summed E-state index contributed by atoms with van der Waals surface area (Å²) in [5.74, 6) is 0.905. The summed E-state index contributed by atoms with van der Waals surface area (Å²) in [4.78, 5) is 25.0. The van der Waals surface area contributed by atoms with Crippen LogP contribution in [0, 0.1) is 12.8 Å². The predicted octanol–water partition coefficient (Wildman–Crippen LogP) is 2.65. The summed E-state index contributed by atoms with van der Waals surface area (Å²) in [5.41, 5.74) is 1.94. The molecule has 1 aromatic carbocycles. The number of anilines is 1. The molecule has 0 radical (unpaired) electrons. The molecule has 1 fully saturated rings. The van der Waals surface area contributed by atoms with E-state index in [9.17, 15) is 9.90 Å². The SMILES string of the molecule is Cc1ccc2c(N3CCN(C(=O)[C@H](O)CC(C)C)CC3)nc(Cl)nc2c1. The second-order valence-electron chi connectivity index (χ2n) is 7.29. The van der Waals surface area contributed by atoms with Gasteiger partial charge in [0.1, 0.15) is 11.9 Å². The smallest absolute Gasteiger partial charge is 0.251 e. The summed E-state index contributed by atoms with van der Waals surface area (Å²) in [6, 6.07) is 6.04. The largest absolute Gasteiger partial charge is 0.383 e. The number of piperazine rings is 1. The van der Waals surface area contributed by atoms with E-state index in [2.05, 4.69) is 14.9 Å². The number of aliphatic hydroxyl groups is 1. The topological polar surface area (TPSA) is 69.6 Å². The van der Waals surface area contributed by atoms with Crippen LogP contribution in [0.3, 0.4) is 0 Å². The minimum atomic E-state index is -0.918. The van der Waals surface area contributed by atoms with Crippen molar-refractivity contribution < 1.29 is 9.90 Å². The van der Waals surface area contributed by atoms with Crippen molar-refractivity contribution in [1.29, 1.82) is 0 Å². The molecule has 0 bridgehead atoms. The summed E-state index contributed by atoms with van der Waals surface area (Å²) in [5, 5.41) is 11.3. The van der Waals surface area contributed by atoms with Gasteiger partial charge in [-0.1, -0.05) is 19.9 Å². The second-order valence-corrected chi connectivity index (χ2v) is 7.63. The zero-order valence-corrected chi connectivity index (χ0v) is 16.2. The number of amides is 1. The Labute approximate surface area is 158 Å². The molecule has 1 atom stereocenters. The zero-order chi connectivity index (χ0) is 18.8. The van der Waals surface area contributed by atoms with Crippen LogP contribution in [-0.4, -0.2) is 58.2 Å². The van der Waals surface area contributed by atoms with E-state index in [-0.39, 0.29) is 17.1 Å². The molecule has 7 heteroatoms. The van der Waals surface area contributed by atoms with Crippen LogP contribution in [0.15, 0.2) is 18.2 Å². The summed E-state index contributed by atoms with van der Waals surface area (Å²) in [6.07, 6.45) is -0.427. The Balaban J connectivity index is 1.74. The van der Waals surface area contributed by atoms with Crippen molar-refractivity contribution in [2.45, 2.75) is 33.3 Å². The Hall–Kier alpha value is -1.92. The van der Waals surface area contributed by atoms with Gasteiger partial charge in [-0.05, 0) is 48.6 Å². The van der Waals surface area contributed by atoms with Crippen molar-refractivity contribution in [2.75, 3.05) is 31.1 Å². The number of aromatic nitrogens is 2. The highest BCUT2D eigenvalue weighted by atomic mass is 35.5. The molecule has 0 unspecified atom stereocenters. The van der Waals surface area contributed by atoms with Crippen LogP contribution in [0.25, 0.3) is 10.9 Å². The zero-order valence-electron chi connectivity index (χ0n) is 15.4. The number of aliphatic hydroxyl groups excluding tert-OH is 1. The summed E-state index contributed by atoms with van der Waals surface area (Å²) in [6.45, 7) is 8.43. The summed E-state index contributed by atoms with van der Waals surface area (Å²) < 4.78 is 0. The van der Waals surface area contributed by atoms with Crippen LogP contribution >= 0.6 is 11.6 Å². The molecule has 0 saturated carbocycles. The van der Waals surface area contributed by atoms with Gasteiger partial charge in [-0.2, -0.15) is 4.98 Å². The molecule has 1 aliphatic heterocycles. The quantitative estimate of drug-likeness (QED) is 0.831. The third-order valence-corrected chi connectivity index (χ3v) is 4.84. The molecule has 0 spiro atoms. The van der Waals surface area contributed by atoms with E-state index in [1.54, 1.807) is 4.90 Å². The van der Waals surface area contributed by atoms with E-state index in [1.165, 1.54) is 0 Å². The van der Waals surface area contributed by atoms with Gasteiger partial charge >= 0.3 is 0 Å². The van der Waals surface area contributed by atoms with Gasteiger partial charge in [0.2, 0.25) is 5.28 Å². The minimum absolute atomic E-state index is 0.181. The first-order valence-corrected chi connectivity index (χ1v) is 9.38. The van der Waals surface area contributed by atoms with E-state index in [0.29, 0.717) is 32.6 Å². The Morgan fingerprint density at radius 2 is 1.92 bits per heavy atom. The number of benzene rings is 1. The maximum Gasteiger partial charge on any atom is 0.251 e. The molecule has 1 aromatic heterocycles. The number of rotatable bonds is 4. The normalized spacial score (nSPS) is 16.4. The van der Waals surface area contributed by atoms with Gasteiger partial charge in [-0.3, -0.25) is 4.79 Å². The number of carbonyl (C=O) groups is 1. The van der Waals surface area contributed by atoms with Crippen LogP contribution in [0.1, 0.15) is 25.8 Å². The first-order valence-electron chi connectivity index (χ1n) is 9.01. The molecule has 26 heavy (non-hydrogen) atoms. The van der Waals surface area contributed by atoms with E-state index < -0.39 is 6.10 Å². The monoisotopic (exact) mass is 376 g/mol. The molecular formula is C19H25ClN4O2. The number of halogens is 1. The fourth-order valence-corrected chi connectivity index (χ4v) is 3.50. The maximum absolute atomic E-state index is 12.4. The van der Waals surface area contributed by atoms with Crippen LogP contribution in [0.2, 0.25) is 5.28 Å². The van der Waals surface area contributed by atoms with Gasteiger partial charge < -0.3 is 14.9 Å². The molecule has 2 heterocycles. The van der Waals surface area contributed by atoms with Gasteiger partial charge in [0.05, 0.1) is 5.52 Å². The molecule has 1 saturated heterocycles. The number of fused-ring (bicyclic) bond motifs is 1. The summed E-state index contributed by atoms with van der Waals surface area (Å²) >= 11 is 6.12. The lowest BCUT2D eigenvalue weighted by Gasteiger charge is -2.36. The Morgan fingerprint density at radius 1 is 1.23 bits per heavy atom. The van der Waals surface area contributed by atoms with Crippen LogP contribution in [0.5, 0.6) is 0 Å². The number of nitrogens with zero attached hydrogens (tertiary/aromatic N) is 4. The third-order valence-electron chi connectivity index (χ3n) is 4.68. The van der Waals surface area contributed by atoms with Crippen LogP contribution < -0.4 is 4.90 Å². The average molecular weight is 377 g/mol. The lowest BCUT2D eigenvalue weighted by molar-refractivity contribution is -0.141. The van der Waals surface area contributed by atoms with Crippen molar-refractivity contribution >= 4 is 34.2 Å². The molecule has 0 aliphatic carbocycles. The van der Waals surface area contributed by atoms with Crippen LogP contribution in [0.4, 0.5) is 5.82 Å². The second kappa shape index (κ2) is 7.76. The predicted molar refractivity (Wildman–Crippen MR) is 104 cm³/mol. The van der Waals surface area contributed by atoms with Crippen molar-refractivity contribution in [3.8, 4) is 0 Å². The Bertz CT molecular complexity index is 798. The van der Waals surface area contributed by atoms with Crippen LogP contribution in [-0.2, 0) is 4.79 Å². The molecule has 1 amide bonds. The highest BCUT2D eigenvalue weighted by Crippen LogP contribution is 2.27. The van der Waals surface area contributed by atoms with Crippen molar-refractivity contribution in [3.05, 3.63) is 29.0 Å². The van der Waals surface area contributed by atoms with E-state index in [1.807, 2.05) is 39.0 Å². The Morgan fingerprint density at radius 3 is 2.58 bits per heavy atom. The molecule has 1 aliphatic rings.